The normalized spacial score (nSPS) is 14.7. The van der Waals surface area contributed by atoms with Crippen molar-refractivity contribution in [3.8, 4) is 0 Å². The van der Waals surface area contributed by atoms with Crippen molar-refractivity contribution in [2.45, 2.75) is 32.2 Å². The van der Waals surface area contributed by atoms with Crippen LogP contribution >= 0.6 is 11.3 Å². The van der Waals surface area contributed by atoms with Crippen molar-refractivity contribution in [3.05, 3.63) is 51.7 Å². The van der Waals surface area contributed by atoms with E-state index in [2.05, 4.69) is 10.6 Å². The maximum atomic E-state index is 13.3. The summed E-state index contributed by atoms with van der Waals surface area (Å²) in [7, 11) is 0. The molecule has 0 radical (unpaired) electrons. The summed E-state index contributed by atoms with van der Waals surface area (Å²) < 4.78 is 0. The van der Waals surface area contributed by atoms with Crippen molar-refractivity contribution in [1.29, 1.82) is 0 Å². The molecule has 1 aromatic heterocycles. The zero-order valence-corrected chi connectivity index (χ0v) is 16.2. The molecule has 0 atom stereocenters. The SMILES string of the molecule is Cc1ccsc1C(=O)N(c1ccc(CCNC(=O)O)cc1)C1CCNCC1. The second-order valence-electron chi connectivity index (χ2n) is 6.74. The lowest BCUT2D eigenvalue weighted by Gasteiger charge is -2.34. The molecule has 1 aliphatic rings. The molecule has 1 aliphatic heterocycles. The highest BCUT2D eigenvalue weighted by molar-refractivity contribution is 7.12. The van der Waals surface area contributed by atoms with Crippen LogP contribution in [0.3, 0.4) is 0 Å². The number of carboxylic acid groups (broad SMARTS) is 1. The quantitative estimate of drug-likeness (QED) is 0.711. The number of carbonyl (C=O) groups is 2. The molecule has 3 rings (SSSR count). The summed E-state index contributed by atoms with van der Waals surface area (Å²) in [6.45, 7) is 4.18. The Morgan fingerprint density at radius 1 is 1.22 bits per heavy atom. The summed E-state index contributed by atoms with van der Waals surface area (Å²) in [5.74, 6) is 0.0645. The first-order chi connectivity index (χ1) is 13.1. The number of carbonyl (C=O) groups excluding carboxylic acids is 1. The van der Waals surface area contributed by atoms with Crippen LogP contribution in [0.15, 0.2) is 35.7 Å². The van der Waals surface area contributed by atoms with Gasteiger partial charge in [0, 0.05) is 18.3 Å². The number of aryl methyl sites for hydroxylation is 1. The van der Waals surface area contributed by atoms with E-state index in [-0.39, 0.29) is 11.9 Å². The molecule has 27 heavy (non-hydrogen) atoms. The number of hydrogen-bond donors (Lipinski definition) is 3. The van der Waals surface area contributed by atoms with Crippen LogP contribution in [0.2, 0.25) is 0 Å². The fraction of sp³-hybridized carbons (Fsp3) is 0.400. The second-order valence-corrected chi connectivity index (χ2v) is 7.65. The Morgan fingerprint density at radius 3 is 2.52 bits per heavy atom. The Hall–Kier alpha value is -2.38. The number of nitrogens with zero attached hydrogens (tertiary/aromatic N) is 1. The average molecular weight is 388 g/mol. The van der Waals surface area contributed by atoms with Crippen LogP contribution in [-0.4, -0.2) is 42.8 Å². The highest BCUT2D eigenvalue weighted by atomic mass is 32.1. The van der Waals surface area contributed by atoms with Crippen molar-refractivity contribution >= 4 is 29.0 Å². The first-order valence-corrected chi connectivity index (χ1v) is 10.1. The van der Waals surface area contributed by atoms with Gasteiger partial charge < -0.3 is 20.6 Å². The fourth-order valence-electron chi connectivity index (χ4n) is 3.40. The molecule has 2 amide bonds. The third-order valence-electron chi connectivity index (χ3n) is 4.85. The summed E-state index contributed by atoms with van der Waals surface area (Å²) in [4.78, 5) is 26.6. The minimum atomic E-state index is -1.01. The van der Waals surface area contributed by atoms with Crippen LogP contribution < -0.4 is 15.5 Å². The van der Waals surface area contributed by atoms with Gasteiger partial charge in [0.25, 0.3) is 5.91 Å². The van der Waals surface area contributed by atoms with Crippen LogP contribution in [0.25, 0.3) is 0 Å². The first kappa shape index (κ1) is 19.4. The zero-order chi connectivity index (χ0) is 19.2. The minimum absolute atomic E-state index is 0.0645. The molecule has 6 nitrogen and oxygen atoms in total. The van der Waals surface area contributed by atoms with Gasteiger partial charge in [-0.25, -0.2) is 4.79 Å². The zero-order valence-electron chi connectivity index (χ0n) is 15.4. The first-order valence-electron chi connectivity index (χ1n) is 9.20. The van der Waals surface area contributed by atoms with Crippen LogP contribution in [0.5, 0.6) is 0 Å². The standard InChI is InChI=1S/C20H25N3O3S/c1-14-9-13-27-18(14)19(24)23(17-7-10-21-11-8-17)16-4-2-15(3-5-16)6-12-22-20(25)26/h2-5,9,13,17,21-22H,6-8,10-12H2,1H3,(H,25,26). The molecule has 7 heteroatoms. The molecule has 2 aromatic rings. The second kappa shape index (κ2) is 9.01. The Labute approximate surface area is 163 Å². The van der Waals surface area contributed by atoms with E-state index < -0.39 is 6.09 Å². The molecule has 3 N–H and O–H groups in total. The average Bonchev–Trinajstić information content (AvgIpc) is 3.10. The predicted molar refractivity (Wildman–Crippen MR) is 108 cm³/mol. The maximum Gasteiger partial charge on any atom is 0.404 e. The number of thiophene rings is 1. The maximum absolute atomic E-state index is 13.3. The van der Waals surface area contributed by atoms with Crippen molar-refractivity contribution in [3.63, 3.8) is 0 Å². The van der Waals surface area contributed by atoms with E-state index in [1.807, 2.05) is 47.5 Å². The Balaban J connectivity index is 1.81. The van der Waals surface area contributed by atoms with Gasteiger partial charge in [0.05, 0.1) is 4.88 Å². The monoisotopic (exact) mass is 387 g/mol. The van der Waals surface area contributed by atoms with Gasteiger partial charge in [-0.05, 0) is 74.0 Å². The smallest absolute Gasteiger partial charge is 0.404 e. The van der Waals surface area contributed by atoms with Crippen LogP contribution in [0, 0.1) is 6.92 Å². The molecule has 144 valence electrons. The molecule has 0 aliphatic carbocycles. The van der Waals surface area contributed by atoms with Gasteiger partial charge in [-0.1, -0.05) is 12.1 Å². The van der Waals surface area contributed by atoms with E-state index in [0.717, 1.165) is 47.6 Å². The van der Waals surface area contributed by atoms with Gasteiger partial charge >= 0.3 is 6.09 Å². The van der Waals surface area contributed by atoms with Crippen LogP contribution in [0.1, 0.15) is 33.6 Å². The number of rotatable bonds is 6. The van der Waals surface area contributed by atoms with Gasteiger partial charge in [0.1, 0.15) is 0 Å². The predicted octanol–water partition coefficient (Wildman–Crippen LogP) is 3.27. The third-order valence-corrected chi connectivity index (χ3v) is 5.86. The Morgan fingerprint density at radius 2 is 1.93 bits per heavy atom. The molecule has 0 spiro atoms. The number of nitrogens with one attached hydrogen (secondary N) is 2. The van der Waals surface area contributed by atoms with Gasteiger partial charge in [0.2, 0.25) is 0 Å². The highest BCUT2D eigenvalue weighted by Gasteiger charge is 2.29. The molecule has 0 saturated carbocycles. The largest absolute Gasteiger partial charge is 0.465 e. The Bertz CT molecular complexity index is 782. The van der Waals surface area contributed by atoms with Gasteiger partial charge in [-0.3, -0.25) is 4.79 Å². The number of piperidine rings is 1. The van der Waals surface area contributed by atoms with E-state index in [9.17, 15) is 9.59 Å². The van der Waals surface area contributed by atoms with E-state index in [0.29, 0.717) is 13.0 Å². The molecule has 2 heterocycles. The third kappa shape index (κ3) is 4.87. The van der Waals surface area contributed by atoms with Gasteiger partial charge in [-0.15, -0.1) is 11.3 Å². The van der Waals surface area contributed by atoms with Crippen molar-refractivity contribution in [1.82, 2.24) is 10.6 Å². The van der Waals surface area contributed by atoms with E-state index in [1.165, 1.54) is 11.3 Å². The topological polar surface area (TPSA) is 81.7 Å². The van der Waals surface area contributed by atoms with Gasteiger partial charge in [-0.2, -0.15) is 0 Å². The fourth-order valence-corrected chi connectivity index (χ4v) is 4.26. The van der Waals surface area contributed by atoms with Crippen LogP contribution in [-0.2, 0) is 6.42 Å². The van der Waals surface area contributed by atoms with Crippen molar-refractivity contribution in [2.75, 3.05) is 24.5 Å². The lowest BCUT2D eigenvalue weighted by atomic mass is 10.0. The van der Waals surface area contributed by atoms with Gasteiger partial charge in [0.15, 0.2) is 0 Å². The Kier molecular flexibility index (Phi) is 6.47. The summed E-state index contributed by atoms with van der Waals surface area (Å²) in [6.07, 6.45) is 1.47. The molecule has 1 saturated heterocycles. The number of hydrogen-bond acceptors (Lipinski definition) is 4. The summed E-state index contributed by atoms with van der Waals surface area (Å²) in [6, 6.07) is 10.1. The summed E-state index contributed by atoms with van der Waals surface area (Å²) in [5, 5.41) is 16.4. The minimum Gasteiger partial charge on any atom is -0.465 e. The number of benzene rings is 1. The number of anilines is 1. The highest BCUT2D eigenvalue weighted by Crippen LogP contribution is 2.27. The van der Waals surface area contributed by atoms with Crippen molar-refractivity contribution in [2.24, 2.45) is 0 Å². The molecule has 1 aromatic carbocycles. The van der Waals surface area contributed by atoms with Crippen LogP contribution in [0.4, 0.5) is 10.5 Å². The molecule has 0 bridgehead atoms. The lowest BCUT2D eigenvalue weighted by molar-refractivity contribution is 0.0975. The van der Waals surface area contributed by atoms with E-state index in [1.54, 1.807) is 0 Å². The van der Waals surface area contributed by atoms with E-state index >= 15 is 0 Å². The van der Waals surface area contributed by atoms with E-state index in [4.69, 9.17) is 5.11 Å². The van der Waals surface area contributed by atoms with Crippen molar-refractivity contribution < 1.29 is 14.7 Å². The molecule has 1 fully saturated rings. The molecular weight excluding hydrogens is 362 g/mol. The molecule has 0 unspecified atom stereocenters. The summed E-state index contributed by atoms with van der Waals surface area (Å²) >= 11 is 1.49. The number of amides is 2. The lowest BCUT2D eigenvalue weighted by Crippen LogP contribution is -2.46. The molecular formula is C20H25N3O3S. The summed E-state index contributed by atoms with van der Waals surface area (Å²) in [5.41, 5.74) is 2.95.